The van der Waals surface area contributed by atoms with Gasteiger partial charge in [0.15, 0.2) is 0 Å². The summed E-state index contributed by atoms with van der Waals surface area (Å²) in [5.74, 6) is 9.72. The summed E-state index contributed by atoms with van der Waals surface area (Å²) in [6.45, 7) is 4.17. The third-order valence-electron chi connectivity index (χ3n) is 12.4. The molecule has 0 aliphatic carbocycles. The minimum absolute atomic E-state index is 0.0672. The molecule has 0 radical (unpaired) electrons. The van der Waals surface area contributed by atoms with E-state index >= 15 is 0 Å². The second kappa shape index (κ2) is 22.1. The van der Waals surface area contributed by atoms with Crippen molar-refractivity contribution in [1.82, 2.24) is 59.0 Å². The average molecular weight is 999 g/mol. The molecule has 6 heterocycles. The number of hydrogen-bond donors (Lipinski definition) is 5. The normalized spacial score (nSPS) is 11.8. The number of hydrazine groups is 2. The zero-order chi connectivity index (χ0) is 51.6. The number of rotatable bonds is 15. The molecule has 0 aliphatic heterocycles. The standard InChI is InChI=1S/2C29H25N9/c1-20(21-8-4-2-5-9-21)34-28-31-17-15-27(36-28)37-19-33-25-18-22(12-13-26(25)37)24-14-16-32-29(35-24)38(30)23-10-6-3-7-11-23;1-20(21-8-4-2-5-9-21)33-28-30-17-15-27(35-28)38-19-32-25-18-22(12-13-26(25)38)24-14-16-31-29(34-24)37-36-23-10-6-3-7-11-23/h2-20H,30H2,1H3,(H,31,34,36);2-20,36H,1H3,(H,30,33,35)(H,31,34,37)/t2*20-/m00/s1. The maximum absolute atomic E-state index is 6.27. The molecule has 0 unspecified atom stereocenters. The summed E-state index contributed by atoms with van der Waals surface area (Å²) in [6, 6.07) is 59.5. The summed E-state index contributed by atoms with van der Waals surface area (Å²) in [6.07, 6.45) is 10.5. The quantitative estimate of drug-likeness (QED) is 0.0477. The molecule has 0 aliphatic rings. The van der Waals surface area contributed by atoms with Crippen LogP contribution in [0.5, 0.6) is 0 Å². The van der Waals surface area contributed by atoms with Crippen LogP contribution >= 0.6 is 0 Å². The van der Waals surface area contributed by atoms with Crippen LogP contribution in [0.25, 0.3) is 56.2 Å². The van der Waals surface area contributed by atoms with E-state index in [1.807, 2.05) is 167 Å². The van der Waals surface area contributed by atoms with Gasteiger partial charge in [0.25, 0.3) is 0 Å². The Balaban J connectivity index is 0.000000162. The first kappa shape index (κ1) is 47.8. The lowest BCUT2D eigenvalue weighted by Crippen LogP contribution is -2.26. The van der Waals surface area contributed by atoms with Crippen LogP contribution in [-0.4, -0.2) is 59.0 Å². The number of para-hydroxylation sites is 2. The summed E-state index contributed by atoms with van der Waals surface area (Å²) in [5, 5.41) is 8.23. The Morgan fingerprint density at radius 2 is 0.895 bits per heavy atom. The molecule has 0 fully saturated rings. The smallest absolute Gasteiger partial charge is 0.245 e. The molecule has 6 aromatic carbocycles. The maximum atomic E-state index is 6.27. The number of imidazole rings is 2. The molecule has 0 saturated heterocycles. The summed E-state index contributed by atoms with van der Waals surface area (Å²) in [4.78, 5) is 45.5. The summed E-state index contributed by atoms with van der Waals surface area (Å²) < 4.78 is 3.90. The molecule has 6 N–H and O–H groups in total. The number of aromatic nitrogens is 12. The van der Waals surface area contributed by atoms with Crippen LogP contribution in [0.3, 0.4) is 0 Å². The number of nitrogens with two attached hydrogens (primary N) is 1. The molecule has 6 aromatic heterocycles. The second-order valence-electron chi connectivity index (χ2n) is 17.5. The summed E-state index contributed by atoms with van der Waals surface area (Å²) in [7, 11) is 0. The molecule has 0 bridgehead atoms. The van der Waals surface area contributed by atoms with Crippen molar-refractivity contribution >= 4 is 57.2 Å². The molecular formula is C58H50N18. The van der Waals surface area contributed by atoms with Gasteiger partial charge in [0.1, 0.15) is 24.3 Å². The Labute approximate surface area is 437 Å². The highest BCUT2D eigenvalue weighted by molar-refractivity contribution is 5.84. The monoisotopic (exact) mass is 998 g/mol. The van der Waals surface area contributed by atoms with Gasteiger partial charge in [-0.2, -0.15) is 9.97 Å². The van der Waals surface area contributed by atoms with E-state index in [4.69, 9.17) is 15.8 Å². The molecule has 76 heavy (non-hydrogen) atoms. The number of fused-ring (bicyclic) bond motifs is 2. The van der Waals surface area contributed by atoms with Gasteiger partial charge in [0, 0.05) is 35.9 Å². The van der Waals surface area contributed by atoms with Crippen LogP contribution in [0.4, 0.5) is 35.2 Å². The fraction of sp³-hybridized carbons (Fsp3) is 0.0690. The average Bonchev–Trinajstić information content (AvgIpc) is 4.12. The van der Waals surface area contributed by atoms with Crippen molar-refractivity contribution in [3.63, 3.8) is 0 Å². The van der Waals surface area contributed by atoms with Gasteiger partial charge in [-0.15, -0.1) is 0 Å². The van der Waals surface area contributed by atoms with E-state index in [9.17, 15) is 0 Å². The Morgan fingerprint density at radius 1 is 0.434 bits per heavy atom. The second-order valence-corrected chi connectivity index (χ2v) is 17.5. The van der Waals surface area contributed by atoms with Gasteiger partial charge in [-0.25, -0.2) is 50.7 Å². The Morgan fingerprint density at radius 3 is 1.43 bits per heavy atom. The van der Waals surface area contributed by atoms with E-state index in [-0.39, 0.29) is 12.1 Å². The number of nitrogens with one attached hydrogen (secondary N) is 4. The van der Waals surface area contributed by atoms with Crippen LogP contribution in [0.2, 0.25) is 0 Å². The highest BCUT2D eigenvalue weighted by Gasteiger charge is 2.15. The van der Waals surface area contributed by atoms with Crippen molar-refractivity contribution in [2.24, 2.45) is 5.84 Å². The SMILES string of the molecule is C[C@H](Nc1nccc(-n2cnc3cc(-c4ccnc(N(N)c5ccccc5)n4)ccc32)n1)c1ccccc1.C[C@H](Nc1nccc(-n2cnc3cc(-c4ccnc(NNc5ccccc5)n4)ccc32)n1)c1ccccc1. The fourth-order valence-electron chi connectivity index (χ4n) is 8.41. The van der Waals surface area contributed by atoms with Crippen molar-refractivity contribution in [1.29, 1.82) is 0 Å². The van der Waals surface area contributed by atoms with Crippen molar-refractivity contribution < 1.29 is 0 Å². The molecule has 0 spiro atoms. The molecule has 2 atom stereocenters. The molecule has 0 saturated carbocycles. The van der Waals surface area contributed by atoms with Gasteiger partial charge in [0.2, 0.25) is 23.8 Å². The number of nitrogens with zero attached hydrogens (tertiary/aromatic N) is 13. The zero-order valence-corrected chi connectivity index (χ0v) is 41.3. The van der Waals surface area contributed by atoms with Gasteiger partial charge < -0.3 is 10.6 Å². The zero-order valence-electron chi connectivity index (χ0n) is 41.3. The lowest BCUT2D eigenvalue weighted by molar-refractivity contribution is 0.854. The van der Waals surface area contributed by atoms with E-state index in [2.05, 4.69) is 99.5 Å². The van der Waals surface area contributed by atoms with Crippen LogP contribution in [0.1, 0.15) is 37.1 Å². The third kappa shape index (κ3) is 11.0. The summed E-state index contributed by atoms with van der Waals surface area (Å²) >= 11 is 0. The maximum Gasteiger partial charge on any atom is 0.245 e. The van der Waals surface area contributed by atoms with Crippen LogP contribution < -0.4 is 32.3 Å². The van der Waals surface area contributed by atoms with Crippen molar-refractivity contribution in [2.45, 2.75) is 25.9 Å². The lowest BCUT2D eigenvalue weighted by Gasteiger charge is -2.16. The number of benzene rings is 6. The molecule has 0 amide bonds. The Bertz CT molecular complexity index is 3860. The predicted molar refractivity (Wildman–Crippen MR) is 299 cm³/mol. The highest BCUT2D eigenvalue weighted by Crippen LogP contribution is 2.28. The van der Waals surface area contributed by atoms with Gasteiger partial charge in [-0.3, -0.25) is 20.0 Å². The molecule has 372 valence electrons. The van der Waals surface area contributed by atoms with Crippen molar-refractivity contribution in [3.8, 4) is 34.2 Å². The molecule has 18 heteroatoms. The largest absolute Gasteiger partial charge is 0.348 e. The fourth-order valence-corrected chi connectivity index (χ4v) is 8.41. The Kier molecular flexibility index (Phi) is 13.9. The molecule has 12 aromatic rings. The first-order chi connectivity index (χ1) is 37.4. The lowest BCUT2D eigenvalue weighted by atomic mass is 10.1. The summed E-state index contributed by atoms with van der Waals surface area (Å²) in [5.41, 5.74) is 17.1. The number of hydrogen-bond acceptors (Lipinski definition) is 16. The molecular weight excluding hydrogens is 949 g/mol. The first-order valence-electron chi connectivity index (χ1n) is 24.5. The third-order valence-corrected chi connectivity index (χ3v) is 12.4. The van der Waals surface area contributed by atoms with E-state index in [1.165, 1.54) is 10.6 Å². The highest BCUT2D eigenvalue weighted by atomic mass is 15.5. The molecule has 12 rings (SSSR count). The Hall–Kier alpha value is -10.5. The van der Waals surface area contributed by atoms with Crippen LogP contribution in [0, 0.1) is 0 Å². The van der Waals surface area contributed by atoms with Crippen LogP contribution in [0.15, 0.2) is 219 Å². The van der Waals surface area contributed by atoms with E-state index < -0.39 is 0 Å². The van der Waals surface area contributed by atoms with Crippen molar-refractivity contribution in [3.05, 3.63) is 231 Å². The molecule has 18 nitrogen and oxygen atoms in total. The minimum Gasteiger partial charge on any atom is -0.348 e. The van der Waals surface area contributed by atoms with Crippen molar-refractivity contribution in [2.75, 3.05) is 26.5 Å². The van der Waals surface area contributed by atoms with E-state index in [0.29, 0.717) is 23.8 Å². The first-order valence-corrected chi connectivity index (χ1v) is 24.5. The minimum atomic E-state index is 0.0672. The predicted octanol–water partition coefficient (Wildman–Crippen LogP) is 11.3. The topological polar surface area (TPSA) is 216 Å². The van der Waals surface area contributed by atoms with Gasteiger partial charge in [-0.05, 0) is 97.8 Å². The number of anilines is 6. The van der Waals surface area contributed by atoms with Gasteiger partial charge >= 0.3 is 0 Å². The van der Waals surface area contributed by atoms with E-state index in [0.717, 1.165) is 73.2 Å². The van der Waals surface area contributed by atoms with Gasteiger partial charge in [-0.1, -0.05) is 109 Å². The van der Waals surface area contributed by atoms with E-state index in [1.54, 1.807) is 37.4 Å². The van der Waals surface area contributed by atoms with Gasteiger partial charge in [0.05, 0.1) is 56.9 Å². The van der Waals surface area contributed by atoms with Crippen LogP contribution in [-0.2, 0) is 0 Å².